The van der Waals surface area contributed by atoms with Crippen molar-refractivity contribution in [2.75, 3.05) is 13.6 Å². The van der Waals surface area contributed by atoms with E-state index in [-0.39, 0.29) is 5.91 Å². The maximum Gasteiger partial charge on any atom is 0.273 e. The van der Waals surface area contributed by atoms with Gasteiger partial charge in [0.05, 0.1) is 6.33 Å². The number of aromatic nitrogens is 2. The van der Waals surface area contributed by atoms with Crippen LogP contribution in [0.2, 0.25) is 0 Å². The number of nitrogens with zero attached hydrogens (tertiary/aromatic N) is 3. The van der Waals surface area contributed by atoms with Crippen LogP contribution in [0.4, 0.5) is 0 Å². The Morgan fingerprint density at radius 3 is 2.88 bits per heavy atom. The predicted octanol–water partition coefficient (Wildman–Crippen LogP) is 1.67. The van der Waals surface area contributed by atoms with E-state index in [1.165, 1.54) is 12.8 Å². The van der Waals surface area contributed by atoms with Crippen LogP contribution in [0, 0.1) is 5.92 Å². The Hall–Kier alpha value is -0.840. The van der Waals surface area contributed by atoms with Crippen molar-refractivity contribution in [3.05, 3.63) is 18.2 Å². The van der Waals surface area contributed by atoms with Gasteiger partial charge in [-0.15, -0.1) is 0 Å². The molecule has 0 saturated heterocycles. The highest BCUT2D eigenvalue weighted by molar-refractivity contribution is 9.09. The molecule has 1 aliphatic rings. The van der Waals surface area contributed by atoms with Gasteiger partial charge < -0.3 is 9.47 Å². The molecule has 5 heteroatoms. The molecular formula is C11H16BrN3O. The Morgan fingerprint density at radius 2 is 2.38 bits per heavy atom. The van der Waals surface area contributed by atoms with Gasteiger partial charge in [0.15, 0.2) is 0 Å². The molecule has 0 radical (unpaired) electrons. The number of rotatable bonds is 3. The minimum Gasteiger partial charge on any atom is -0.340 e. The normalized spacial score (nSPS) is 23.9. The largest absolute Gasteiger partial charge is 0.340 e. The molecule has 1 heterocycles. The Kier molecular flexibility index (Phi) is 3.33. The number of carbonyl (C=O) groups excluding carboxylic acids is 1. The highest BCUT2D eigenvalue weighted by Gasteiger charge is 2.29. The van der Waals surface area contributed by atoms with Crippen LogP contribution in [-0.4, -0.2) is 38.8 Å². The first-order valence-corrected chi connectivity index (χ1v) is 6.35. The molecule has 1 aromatic rings. The molecule has 1 aromatic heterocycles. The minimum absolute atomic E-state index is 0.0126. The highest BCUT2D eigenvalue weighted by atomic mass is 79.9. The van der Waals surface area contributed by atoms with E-state index in [0.29, 0.717) is 16.4 Å². The number of alkyl halides is 1. The van der Waals surface area contributed by atoms with Gasteiger partial charge in [0.1, 0.15) is 5.69 Å². The van der Waals surface area contributed by atoms with Gasteiger partial charge in [-0.1, -0.05) is 15.9 Å². The van der Waals surface area contributed by atoms with E-state index in [4.69, 9.17) is 0 Å². The first-order valence-electron chi connectivity index (χ1n) is 5.43. The minimum atomic E-state index is 0.0126. The van der Waals surface area contributed by atoms with Crippen LogP contribution in [0.1, 0.15) is 23.3 Å². The average molecular weight is 286 g/mol. The van der Waals surface area contributed by atoms with Gasteiger partial charge in [-0.05, 0) is 18.8 Å². The summed E-state index contributed by atoms with van der Waals surface area (Å²) >= 11 is 3.56. The van der Waals surface area contributed by atoms with Crippen molar-refractivity contribution in [1.82, 2.24) is 14.5 Å². The van der Waals surface area contributed by atoms with E-state index in [1.54, 1.807) is 22.0 Å². The number of imidazole rings is 1. The molecule has 88 valence electrons. The van der Waals surface area contributed by atoms with Crippen LogP contribution in [0.15, 0.2) is 12.5 Å². The summed E-state index contributed by atoms with van der Waals surface area (Å²) in [7, 11) is 3.71. The van der Waals surface area contributed by atoms with Crippen molar-refractivity contribution < 1.29 is 4.79 Å². The zero-order valence-corrected chi connectivity index (χ0v) is 11.1. The van der Waals surface area contributed by atoms with Crippen molar-refractivity contribution in [3.63, 3.8) is 0 Å². The first kappa shape index (κ1) is 11.6. The summed E-state index contributed by atoms with van der Waals surface area (Å²) in [6.07, 6.45) is 5.74. The zero-order valence-electron chi connectivity index (χ0n) is 9.56. The van der Waals surface area contributed by atoms with Gasteiger partial charge >= 0.3 is 0 Å². The van der Waals surface area contributed by atoms with Crippen LogP contribution < -0.4 is 0 Å². The summed E-state index contributed by atoms with van der Waals surface area (Å²) in [5, 5.41) is 0. The summed E-state index contributed by atoms with van der Waals surface area (Å²) in [6.45, 7) is 0.831. The summed E-state index contributed by atoms with van der Waals surface area (Å²) < 4.78 is 1.79. The second-order valence-corrected chi connectivity index (χ2v) is 5.84. The van der Waals surface area contributed by atoms with Crippen molar-refractivity contribution in [3.8, 4) is 0 Å². The van der Waals surface area contributed by atoms with Crippen LogP contribution in [0.5, 0.6) is 0 Å². The summed E-state index contributed by atoms with van der Waals surface area (Å²) in [5.41, 5.74) is 0.528. The second kappa shape index (κ2) is 4.57. The summed E-state index contributed by atoms with van der Waals surface area (Å²) in [5.74, 6) is 0.653. The molecule has 0 aromatic carbocycles. The zero-order chi connectivity index (χ0) is 11.7. The van der Waals surface area contributed by atoms with Crippen LogP contribution in [0.25, 0.3) is 0 Å². The Morgan fingerprint density at radius 1 is 1.69 bits per heavy atom. The summed E-state index contributed by atoms with van der Waals surface area (Å²) in [4.78, 5) is 18.4. The van der Waals surface area contributed by atoms with E-state index in [1.807, 2.05) is 14.1 Å². The molecule has 1 saturated carbocycles. The predicted molar refractivity (Wildman–Crippen MR) is 65.6 cm³/mol. The number of carbonyl (C=O) groups is 1. The molecule has 0 bridgehead atoms. The molecule has 4 nitrogen and oxygen atoms in total. The molecule has 0 unspecified atom stereocenters. The van der Waals surface area contributed by atoms with Gasteiger partial charge in [-0.3, -0.25) is 4.79 Å². The van der Waals surface area contributed by atoms with E-state index in [0.717, 1.165) is 6.54 Å². The molecule has 1 amide bonds. The standard InChI is InChI=1S/C11H16BrN3O/c1-14-6-10(13-7-14)11(16)15(2)5-8-3-9(12)4-8/h6-9H,3-5H2,1-2H3. The maximum atomic E-state index is 12.0. The topological polar surface area (TPSA) is 38.1 Å². The molecule has 0 atom stereocenters. The lowest BCUT2D eigenvalue weighted by Gasteiger charge is -2.34. The van der Waals surface area contributed by atoms with Crippen molar-refractivity contribution in [2.24, 2.45) is 13.0 Å². The number of halogens is 1. The lowest BCUT2D eigenvalue weighted by molar-refractivity contribution is 0.0743. The lowest BCUT2D eigenvalue weighted by Crippen LogP contribution is -2.37. The fraction of sp³-hybridized carbons (Fsp3) is 0.636. The average Bonchev–Trinajstić information content (AvgIpc) is 2.61. The summed E-state index contributed by atoms with van der Waals surface area (Å²) in [6, 6.07) is 0. The fourth-order valence-corrected chi connectivity index (χ4v) is 3.05. The molecular weight excluding hydrogens is 270 g/mol. The third-order valence-electron chi connectivity index (χ3n) is 2.98. The van der Waals surface area contributed by atoms with Crippen LogP contribution in [-0.2, 0) is 7.05 Å². The van der Waals surface area contributed by atoms with E-state index in [2.05, 4.69) is 20.9 Å². The van der Waals surface area contributed by atoms with Crippen molar-refractivity contribution in [2.45, 2.75) is 17.7 Å². The van der Waals surface area contributed by atoms with Crippen LogP contribution >= 0.6 is 15.9 Å². The Balaban J connectivity index is 1.89. The first-order chi connectivity index (χ1) is 7.56. The molecule has 0 spiro atoms. The van der Waals surface area contributed by atoms with E-state index >= 15 is 0 Å². The molecule has 1 fully saturated rings. The Bertz CT molecular complexity index is 384. The third-order valence-corrected chi connectivity index (χ3v) is 3.73. The quantitative estimate of drug-likeness (QED) is 0.793. The van der Waals surface area contributed by atoms with Crippen LogP contribution in [0.3, 0.4) is 0 Å². The van der Waals surface area contributed by atoms with Gasteiger partial charge in [0.25, 0.3) is 5.91 Å². The molecule has 0 aliphatic heterocycles. The number of amides is 1. The van der Waals surface area contributed by atoms with Crippen molar-refractivity contribution >= 4 is 21.8 Å². The number of aryl methyl sites for hydroxylation is 1. The Labute approximate surface area is 104 Å². The highest BCUT2D eigenvalue weighted by Crippen LogP contribution is 2.33. The second-order valence-electron chi connectivity index (χ2n) is 4.54. The van der Waals surface area contributed by atoms with Crippen molar-refractivity contribution in [1.29, 1.82) is 0 Å². The van der Waals surface area contributed by atoms with E-state index in [9.17, 15) is 4.79 Å². The van der Waals surface area contributed by atoms with Gasteiger partial charge in [0, 0.05) is 31.7 Å². The molecule has 0 N–H and O–H groups in total. The monoisotopic (exact) mass is 285 g/mol. The smallest absolute Gasteiger partial charge is 0.273 e. The van der Waals surface area contributed by atoms with E-state index < -0.39 is 0 Å². The lowest BCUT2D eigenvalue weighted by atomic mass is 9.85. The van der Waals surface area contributed by atoms with Gasteiger partial charge in [-0.2, -0.15) is 0 Å². The molecule has 16 heavy (non-hydrogen) atoms. The molecule has 2 rings (SSSR count). The van der Waals surface area contributed by atoms with Gasteiger partial charge in [-0.25, -0.2) is 4.98 Å². The third kappa shape index (κ3) is 2.45. The number of hydrogen-bond donors (Lipinski definition) is 0. The SMILES string of the molecule is CN(CC1CC(Br)C1)C(=O)c1cn(C)cn1. The number of hydrogen-bond acceptors (Lipinski definition) is 2. The fourth-order valence-electron chi connectivity index (χ4n) is 1.99. The maximum absolute atomic E-state index is 12.0. The molecule has 1 aliphatic carbocycles. The van der Waals surface area contributed by atoms with Gasteiger partial charge in [0.2, 0.25) is 0 Å².